The zero-order valence-electron chi connectivity index (χ0n) is 14.8. The van der Waals surface area contributed by atoms with Crippen LogP contribution < -0.4 is 0 Å². The van der Waals surface area contributed by atoms with Crippen LogP contribution >= 0.6 is 0 Å². The number of hydrogen-bond donors (Lipinski definition) is 0. The lowest BCUT2D eigenvalue weighted by atomic mass is 9.95. The minimum Gasteiger partial charge on any atom is -0.374 e. The molecule has 0 unspecified atom stereocenters. The molecule has 0 spiro atoms. The van der Waals surface area contributed by atoms with Crippen LogP contribution in [0.5, 0.6) is 0 Å². The third-order valence-electron chi connectivity index (χ3n) is 3.94. The molecule has 1 aliphatic heterocycles. The van der Waals surface area contributed by atoms with Crippen molar-refractivity contribution in [3.05, 3.63) is 0 Å². The van der Waals surface area contributed by atoms with E-state index in [9.17, 15) is 4.79 Å². The number of nitrogens with zero attached hydrogens (tertiary/aromatic N) is 2. The van der Waals surface area contributed by atoms with Gasteiger partial charge >= 0.3 is 0 Å². The summed E-state index contributed by atoms with van der Waals surface area (Å²) in [6.45, 7) is 15.0. The highest BCUT2D eigenvalue weighted by molar-refractivity contribution is 5.81. The van der Waals surface area contributed by atoms with Gasteiger partial charge in [-0.3, -0.25) is 9.69 Å². The van der Waals surface area contributed by atoms with E-state index < -0.39 is 0 Å². The average Bonchev–Trinajstić information content (AvgIpc) is 2.36. The molecule has 4 nitrogen and oxygen atoms in total. The quantitative estimate of drug-likeness (QED) is 0.756. The number of likely N-dealkylation sites (N-methyl/N-ethyl adjacent to an activating group) is 1. The van der Waals surface area contributed by atoms with E-state index in [0.29, 0.717) is 6.54 Å². The first-order chi connectivity index (χ1) is 9.70. The number of ether oxygens (including phenoxy) is 1. The van der Waals surface area contributed by atoms with Crippen LogP contribution in [0.1, 0.15) is 47.5 Å². The molecule has 1 atom stereocenters. The van der Waals surface area contributed by atoms with E-state index >= 15 is 0 Å². The summed E-state index contributed by atoms with van der Waals surface area (Å²) in [5, 5.41) is 0. The first kappa shape index (κ1) is 18.4. The summed E-state index contributed by atoms with van der Waals surface area (Å²) in [5.74, 6) is 0.959. The fourth-order valence-electron chi connectivity index (χ4n) is 2.78. The third kappa shape index (κ3) is 6.79. The SMILES string of the molecule is CC(C)CCCN1CCO[C@H](CN(C)C(=O)C(C)(C)C)C1. The Morgan fingerprint density at radius 3 is 2.62 bits per heavy atom. The number of amides is 1. The lowest BCUT2D eigenvalue weighted by Gasteiger charge is -2.36. The summed E-state index contributed by atoms with van der Waals surface area (Å²) in [5.41, 5.74) is -0.319. The molecule has 1 aliphatic rings. The highest BCUT2D eigenvalue weighted by Gasteiger charge is 2.28. The van der Waals surface area contributed by atoms with Crippen LogP contribution in [0, 0.1) is 11.3 Å². The van der Waals surface area contributed by atoms with Crippen molar-refractivity contribution in [1.29, 1.82) is 0 Å². The predicted octanol–water partition coefficient (Wildman–Crippen LogP) is 2.63. The maximum atomic E-state index is 12.2. The maximum absolute atomic E-state index is 12.2. The summed E-state index contributed by atoms with van der Waals surface area (Å²) < 4.78 is 5.83. The van der Waals surface area contributed by atoms with E-state index in [0.717, 1.165) is 32.2 Å². The van der Waals surface area contributed by atoms with E-state index in [1.165, 1.54) is 12.8 Å². The second-order valence-electron chi connectivity index (χ2n) is 7.77. The summed E-state index contributed by atoms with van der Waals surface area (Å²) in [4.78, 5) is 16.5. The van der Waals surface area contributed by atoms with Gasteiger partial charge in [-0.05, 0) is 25.3 Å². The third-order valence-corrected chi connectivity index (χ3v) is 3.94. The molecule has 0 radical (unpaired) electrons. The Morgan fingerprint density at radius 1 is 1.38 bits per heavy atom. The molecule has 1 amide bonds. The fraction of sp³-hybridized carbons (Fsp3) is 0.941. The minimum atomic E-state index is -0.319. The Balaban J connectivity index is 2.37. The minimum absolute atomic E-state index is 0.147. The molecule has 124 valence electrons. The molecule has 1 heterocycles. The second-order valence-corrected chi connectivity index (χ2v) is 7.77. The second kappa shape index (κ2) is 8.14. The Labute approximate surface area is 130 Å². The first-order valence-corrected chi connectivity index (χ1v) is 8.29. The van der Waals surface area contributed by atoms with Crippen molar-refractivity contribution in [3.8, 4) is 0 Å². The van der Waals surface area contributed by atoms with Crippen LogP contribution in [0.4, 0.5) is 0 Å². The molecular formula is C17H34N2O2. The van der Waals surface area contributed by atoms with Gasteiger partial charge in [-0.15, -0.1) is 0 Å². The van der Waals surface area contributed by atoms with Gasteiger partial charge in [-0.25, -0.2) is 0 Å². The molecule has 0 aromatic carbocycles. The van der Waals surface area contributed by atoms with E-state index in [1.807, 2.05) is 32.7 Å². The standard InChI is InChI=1S/C17H34N2O2/c1-14(2)8-7-9-19-10-11-21-15(13-19)12-18(6)16(20)17(3,4)5/h14-15H,7-13H2,1-6H3/t15-/m1/s1. The van der Waals surface area contributed by atoms with Gasteiger partial charge in [-0.1, -0.05) is 34.6 Å². The molecule has 1 fully saturated rings. The number of hydrogen-bond acceptors (Lipinski definition) is 3. The zero-order chi connectivity index (χ0) is 16.0. The van der Waals surface area contributed by atoms with Crippen molar-refractivity contribution in [3.63, 3.8) is 0 Å². The molecule has 21 heavy (non-hydrogen) atoms. The number of carbonyl (C=O) groups excluding carboxylic acids is 1. The van der Waals surface area contributed by atoms with Gasteiger partial charge in [0.25, 0.3) is 0 Å². The fourth-order valence-corrected chi connectivity index (χ4v) is 2.78. The van der Waals surface area contributed by atoms with Gasteiger partial charge < -0.3 is 9.64 Å². The predicted molar refractivity (Wildman–Crippen MR) is 87.3 cm³/mol. The molecular weight excluding hydrogens is 264 g/mol. The Kier molecular flexibility index (Phi) is 7.14. The van der Waals surface area contributed by atoms with Gasteiger partial charge in [0.05, 0.1) is 12.7 Å². The molecule has 1 saturated heterocycles. The summed E-state index contributed by atoms with van der Waals surface area (Å²) in [6.07, 6.45) is 2.68. The molecule has 0 bridgehead atoms. The van der Waals surface area contributed by atoms with E-state index in [2.05, 4.69) is 18.7 Å². The monoisotopic (exact) mass is 298 g/mol. The van der Waals surface area contributed by atoms with Crippen molar-refractivity contribution < 1.29 is 9.53 Å². The van der Waals surface area contributed by atoms with Crippen LogP contribution in [0.25, 0.3) is 0 Å². The largest absolute Gasteiger partial charge is 0.374 e. The van der Waals surface area contributed by atoms with Crippen molar-refractivity contribution >= 4 is 5.91 Å². The number of carbonyl (C=O) groups is 1. The van der Waals surface area contributed by atoms with Gasteiger partial charge in [0.15, 0.2) is 0 Å². The van der Waals surface area contributed by atoms with Gasteiger partial charge in [0.1, 0.15) is 0 Å². The van der Waals surface area contributed by atoms with Crippen LogP contribution in [0.2, 0.25) is 0 Å². The molecule has 0 aromatic heterocycles. The smallest absolute Gasteiger partial charge is 0.227 e. The summed E-state index contributed by atoms with van der Waals surface area (Å²) in [7, 11) is 1.88. The normalized spacial score (nSPS) is 20.8. The Morgan fingerprint density at radius 2 is 2.05 bits per heavy atom. The van der Waals surface area contributed by atoms with Gasteiger partial charge in [-0.2, -0.15) is 0 Å². The molecule has 4 heteroatoms. The van der Waals surface area contributed by atoms with Crippen LogP contribution in [-0.4, -0.2) is 61.6 Å². The number of morpholine rings is 1. The maximum Gasteiger partial charge on any atom is 0.227 e. The highest BCUT2D eigenvalue weighted by atomic mass is 16.5. The highest BCUT2D eigenvalue weighted by Crippen LogP contribution is 2.17. The summed E-state index contributed by atoms with van der Waals surface area (Å²) >= 11 is 0. The van der Waals surface area contributed by atoms with E-state index in [1.54, 1.807) is 0 Å². The zero-order valence-corrected chi connectivity index (χ0v) is 14.8. The lowest BCUT2D eigenvalue weighted by molar-refractivity contribution is -0.141. The topological polar surface area (TPSA) is 32.8 Å². The number of rotatable bonds is 6. The van der Waals surface area contributed by atoms with Crippen molar-refractivity contribution in [2.45, 2.75) is 53.6 Å². The molecule has 0 saturated carbocycles. The van der Waals surface area contributed by atoms with Crippen LogP contribution in [-0.2, 0) is 9.53 Å². The molecule has 0 N–H and O–H groups in total. The van der Waals surface area contributed by atoms with Crippen molar-refractivity contribution in [2.75, 3.05) is 39.8 Å². The molecule has 0 aliphatic carbocycles. The Bertz CT molecular complexity index is 323. The van der Waals surface area contributed by atoms with Gasteiger partial charge in [0.2, 0.25) is 5.91 Å². The van der Waals surface area contributed by atoms with Crippen molar-refractivity contribution in [2.24, 2.45) is 11.3 Å². The van der Waals surface area contributed by atoms with Crippen LogP contribution in [0.15, 0.2) is 0 Å². The molecule has 0 aromatic rings. The average molecular weight is 298 g/mol. The molecule has 1 rings (SSSR count). The van der Waals surface area contributed by atoms with Crippen molar-refractivity contribution in [1.82, 2.24) is 9.80 Å². The van der Waals surface area contributed by atoms with E-state index in [4.69, 9.17) is 4.74 Å². The Hall–Kier alpha value is -0.610. The lowest BCUT2D eigenvalue weighted by Crippen LogP contribution is -2.49. The van der Waals surface area contributed by atoms with E-state index in [-0.39, 0.29) is 17.4 Å². The van der Waals surface area contributed by atoms with Gasteiger partial charge in [0, 0.05) is 32.1 Å². The first-order valence-electron chi connectivity index (χ1n) is 8.29. The van der Waals surface area contributed by atoms with Crippen LogP contribution in [0.3, 0.4) is 0 Å². The summed E-state index contributed by atoms with van der Waals surface area (Å²) in [6, 6.07) is 0.